The Morgan fingerprint density at radius 3 is 2.74 bits per heavy atom. The molecule has 4 heteroatoms. The van der Waals surface area contributed by atoms with Gasteiger partial charge in [-0.25, -0.2) is 4.79 Å². The van der Waals surface area contributed by atoms with E-state index in [0.29, 0.717) is 0 Å². The molecule has 0 saturated carbocycles. The van der Waals surface area contributed by atoms with E-state index in [0.717, 1.165) is 25.3 Å². The zero-order chi connectivity index (χ0) is 14.1. The van der Waals surface area contributed by atoms with Crippen LogP contribution >= 0.6 is 0 Å². The number of carbonyl (C=O) groups is 2. The van der Waals surface area contributed by atoms with E-state index in [9.17, 15) is 9.59 Å². The van der Waals surface area contributed by atoms with E-state index in [2.05, 4.69) is 0 Å². The van der Waals surface area contributed by atoms with Crippen molar-refractivity contribution in [3.05, 3.63) is 36.5 Å². The number of esters is 1. The fourth-order valence-corrected chi connectivity index (χ4v) is 1.67. The molecule has 1 heterocycles. The van der Waals surface area contributed by atoms with Crippen molar-refractivity contribution in [3.8, 4) is 0 Å². The first kappa shape index (κ1) is 15.4. The highest BCUT2D eigenvalue weighted by Crippen LogP contribution is 2.07. The van der Waals surface area contributed by atoms with E-state index in [1.807, 2.05) is 19.1 Å². The molecule has 104 valence electrons. The molecule has 0 aromatic rings. The Morgan fingerprint density at radius 1 is 1.21 bits per heavy atom. The topological polar surface area (TPSA) is 52.6 Å². The Labute approximate surface area is 113 Å². The minimum absolute atomic E-state index is 0.141. The third kappa shape index (κ3) is 6.72. The van der Waals surface area contributed by atoms with Gasteiger partial charge in [-0.05, 0) is 44.4 Å². The molecule has 1 rings (SSSR count). The maximum absolute atomic E-state index is 11.5. The summed E-state index contributed by atoms with van der Waals surface area (Å²) >= 11 is 0. The number of ketones is 1. The summed E-state index contributed by atoms with van der Waals surface area (Å²) in [7, 11) is 1.59. The smallest absolute Gasteiger partial charge is 0.331 e. The Kier molecular flexibility index (Phi) is 6.82. The molecule has 0 amide bonds. The molecular weight excluding hydrogens is 244 g/mol. The molecular formula is C15H20O4. The van der Waals surface area contributed by atoms with E-state index in [-0.39, 0.29) is 18.0 Å². The van der Waals surface area contributed by atoms with Gasteiger partial charge < -0.3 is 9.47 Å². The first-order chi connectivity index (χ1) is 9.11. The number of methoxy groups -OCH3 is 1. The Balaban J connectivity index is 2.76. The lowest BCUT2D eigenvalue weighted by molar-refractivity contribution is -0.142. The second kappa shape index (κ2) is 8.43. The van der Waals surface area contributed by atoms with Crippen LogP contribution in [0.2, 0.25) is 0 Å². The summed E-state index contributed by atoms with van der Waals surface area (Å²) in [5.74, 6) is -0.748. The summed E-state index contributed by atoms with van der Waals surface area (Å²) in [4.78, 5) is 22.9. The fourth-order valence-electron chi connectivity index (χ4n) is 1.67. The third-order valence-corrected chi connectivity index (χ3v) is 2.73. The normalized spacial score (nSPS) is 31.1. The fraction of sp³-hybridized carbons (Fsp3) is 0.467. The lowest BCUT2D eigenvalue weighted by Gasteiger charge is -2.11. The van der Waals surface area contributed by atoms with Gasteiger partial charge in [-0.3, -0.25) is 4.79 Å². The molecule has 0 radical (unpaired) electrons. The van der Waals surface area contributed by atoms with E-state index >= 15 is 0 Å². The van der Waals surface area contributed by atoms with E-state index in [1.54, 1.807) is 13.2 Å². The van der Waals surface area contributed by atoms with E-state index in [4.69, 9.17) is 9.47 Å². The summed E-state index contributed by atoms with van der Waals surface area (Å²) in [5, 5.41) is 0. The van der Waals surface area contributed by atoms with Crippen LogP contribution in [0.25, 0.3) is 0 Å². The summed E-state index contributed by atoms with van der Waals surface area (Å²) in [6, 6.07) is 0. The average Bonchev–Trinajstić information content (AvgIpc) is 2.38. The molecule has 0 aromatic carbocycles. The molecule has 0 N–H and O–H groups in total. The van der Waals surface area contributed by atoms with E-state index in [1.165, 1.54) is 12.2 Å². The summed E-state index contributed by atoms with van der Waals surface area (Å²) in [6.45, 7) is 1.85. The van der Waals surface area contributed by atoms with Crippen LogP contribution in [0.3, 0.4) is 0 Å². The van der Waals surface area contributed by atoms with Gasteiger partial charge in [-0.1, -0.05) is 12.2 Å². The van der Waals surface area contributed by atoms with Gasteiger partial charge in [0.15, 0.2) is 5.78 Å². The summed E-state index contributed by atoms with van der Waals surface area (Å²) < 4.78 is 10.3. The van der Waals surface area contributed by atoms with Gasteiger partial charge in [0.1, 0.15) is 0 Å². The highest BCUT2D eigenvalue weighted by molar-refractivity contribution is 6.02. The highest BCUT2D eigenvalue weighted by atomic mass is 16.5. The van der Waals surface area contributed by atoms with Gasteiger partial charge in [-0.15, -0.1) is 0 Å². The van der Waals surface area contributed by atoms with Crippen molar-refractivity contribution >= 4 is 11.8 Å². The van der Waals surface area contributed by atoms with Crippen molar-refractivity contribution in [1.82, 2.24) is 0 Å². The number of hydrogen-bond acceptors (Lipinski definition) is 4. The van der Waals surface area contributed by atoms with Crippen molar-refractivity contribution in [1.29, 1.82) is 0 Å². The molecule has 0 aromatic heterocycles. The first-order valence-corrected chi connectivity index (χ1v) is 6.42. The van der Waals surface area contributed by atoms with Crippen LogP contribution in [-0.4, -0.2) is 31.1 Å². The van der Waals surface area contributed by atoms with Gasteiger partial charge in [0.05, 0.1) is 12.2 Å². The van der Waals surface area contributed by atoms with Gasteiger partial charge in [0, 0.05) is 13.2 Å². The quantitative estimate of drug-likeness (QED) is 0.539. The van der Waals surface area contributed by atoms with Crippen LogP contribution in [0.5, 0.6) is 0 Å². The van der Waals surface area contributed by atoms with E-state index < -0.39 is 5.97 Å². The van der Waals surface area contributed by atoms with Crippen molar-refractivity contribution in [3.63, 3.8) is 0 Å². The van der Waals surface area contributed by atoms with Crippen molar-refractivity contribution < 1.29 is 19.1 Å². The number of allylic oxidation sites excluding steroid dienone is 3. The zero-order valence-corrected chi connectivity index (χ0v) is 11.4. The van der Waals surface area contributed by atoms with Crippen LogP contribution in [0.15, 0.2) is 36.5 Å². The predicted molar refractivity (Wildman–Crippen MR) is 72.6 cm³/mol. The standard InChI is InChI=1S/C15H20O4/c1-12-6-4-3-5-7-14(18-2)10-8-13(16)9-11-15(17)19-12/h5,7-12,14H,3-4,6H2,1-2H3/b7-5-,10-8-,11-9+/t12-,14-/m0/s1. The van der Waals surface area contributed by atoms with Crippen LogP contribution in [0.1, 0.15) is 26.2 Å². The molecule has 2 atom stereocenters. The van der Waals surface area contributed by atoms with Crippen LogP contribution < -0.4 is 0 Å². The maximum Gasteiger partial charge on any atom is 0.331 e. The van der Waals surface area contributed by atoms with Crippen LogP contribution in [0.4, 0.5) is 0 Å². The SMILES string of the molecule is CO[C@H]1/C=C\CCC[C@H](C)OC(=O)/C=C/C(=O)/C=C\1. The molecule has 0 bridgehead atoms. The number of rotatable bonds is 1. The Morgan fingerprint density at radius 2 is 2.00 bits per heavy atom. The molecule has 0 unspecified atom stereocenters. The maximum atomic E-state index is 11.5. The van der Waals surface area contributed by atoms with Crippen molar-refractivity contribution in [2.45, 2.75) is 38.4 Å². The molecule has 0 saturated heterocycles. The summed E-state index contributed by atoms with van der Waals surface area (Å²) in [5.41, 5.74) is 0. The zero-order valence-electron chi connectivity index (χ0n) is 11.4. The monoisotopic (exact) mass is 264 g/mol. The average molecular weight is 264 g/mol. The predicted octanol–water partition coefficient (Wildman–Crippen LogP) is 2.35. The van der Waals surface area contributed by atoms with Crippen molar-refractivity contribution in [2.24, 2.45) is 0 Å². The van der Waals surface area contributed by atoms with Gasteiger partial charge in [0.2, 0.25) is 0 Å². The molecule has 0 spiro atoms. The lowest BCUT2D eigenvalue weighted by atomic mass is 10.1. The largest absolute Gasteiger partial charge is 0.460 e. The summed E-state index contributed by atoms with van der Waals surface area (Å²) in [6.07, 6.45) is 11.6. The second-order valence-electron chi connectivity index (χ2n) is 4.40. The minimum Gasteiger partial charge on any atom is -0.460 e. The molecule has 19 heavy (non-hydrogen) atoms. The lowest BCUT2D eigenvalue weighted by Crippen LogP contribution is -2.13. The minimum atomic E-state index is -0.481. The molecule has 4 nitrogen and oxygen atoms in total. The van der Waals surface area contributed by atoms with Gasteiger partial charge >= 0.3 is 5.97 Å². The van der Waals surface area contributed by atoms with Gasteiger partial charge in [-0.2, -0.15) is 0 Å². The third-order valence-electron chi connectivity index (χ3n) is 2.73. The van der Waals surface area contributed by atoms with Crippen LogP contribution in [-0.2, 0) is 19.1 Å². The van der Waals surface area contributed by atoms with Gasteiger partial charge in [0.25, 0.3) is 0 Å². The Bertz CT molecular complexity index is 393. The molecule has 0 aliphatic carbocycles. The molecule has 1 aliphatic heterocycles. The number of carbonyl (C=O) groups excluding carboxylic acids is 2. The first-order valence-electron chi connectivity index (χ1n) is 6.42. The number of hydrogen-bond donors (Lipinski definition) is 0. The van der Waals surface area contributed by atoms with Crippen LogP contribution in [0, 0.1) is 0 Å². The highest BCUT2D eigenvalue weighted by Gasteiger charge is 2.07. The Hall–Kier alpha value is -1.68. The number of ether oxygens (including phenoxy) is 2. The second-order valence-corrected chi connectivity index (χ2v) is 4.40. The van der Waals surface area contributed by atoms with Crippen molar-refractivity contribution in [2.75, 3.05) is 7.11 Å². The number of cyclic esters (lactones) is 1. The molecule has 1 aliphatic rings. The molecule has 0 fully saturated rings.